The van der Waals surface area contributed by atoms with Gasteiger partial charge >= 0.3 is 0 Å². The van der Waals surface area contributed by atoms with Crippen LogP contribution in [0.1, 0.15) is 46.5 Å². The number of hydrogen-bond acceptors (Lipinski definition) is 2. The summed E-state index contributed by atoms with van der Waals surface area (Å²) in [6.45, 7) is 6.13. The molecule has 0 saturated heterocycles. The van der Waals surface area contributed by atoms with Gasteiger partial charge in [0, 0.05) is 12.5 Å². The van der Waals surface area contributed by atoms with Gasteiger partial charge in [0.15, 0.2) is 0 Å². The summed E-state index contributed by atoms with van der Waals surface area (Å²) < 4.78 is 0. The minimum atomic E-state index is 0.0187. The van der Waals surface area contributed by atoms with Gasteiger partial charge in [-0.1, -0.05) is 20.8 Å². The van der Waals surface area contributed by atoms with Crippen molar-refractivity contribution in [1.82, 2.24) is 5.32 Å². The third-order valence-electron chi connectivity index (χ3n) is 2.72. The SMILES string of the molecule is CC(C)(C)CC(=O)NC1CCCC1C#N. The maximum atomic E-state index is 11.7. The highest BCUT2D eigenvalue weighted by Gasteiger charge is 2.29. The number of nitrogens with one attached hydrogen (secondary N) is 1. The molecule has 0 spiro atoms. The number of rotatable bonds is 2. The van der Waals surface area contributed by atoms with Crippen LogP contribution in [-0.2, 0) is 4.79 Å². The standard InChI is InChI=1S/C12H20N2O/c1-12(2,3)7-11(15)14-10-6-4-5-9(10)8-13/h9-10H,4-7H2,1-3H3,(H,14,15). The number of amides is 1. The Morgan fingerprint density at radius 2 is 2.13 bits per heavy atom. The number of hydrogen-bond donors (Lipinski definition) is 1. The van der Waals surface area contributed by atoms with E-state index < -0.39 is 0 Å². The second kappa shape index (κ2) is 4.65. The molecule has 3 nitrogen and oxygen atoms in total. The van der Waals surface area contributed by atoms with Gasteiger partial charge < -0.3 is 5.32 Å². The quantitative estimate of drug-likeness (QED) is 0.756. The van der Waals surface area contributed by atoms with Crippen LogP contribution in [0.5, 0.6) is 0 Å². The molecule has 0 aliphatic heterocycles. The highest BCUT2D eigenvalue weighted by molar-refractivity contribution is 5.77. The largest absolute Gasteiger partial charge is 0.352 e. The first-order valence-corrected chi connectivity index (χ1v) is 5.61. The van der Waals surface area contributed by atoms with Crippen molar-refractivity contribution in [2.24, 2.45) is 11.3 Å². The maximum absolute atomic E-state index is 11.7. The molecule has 1 fully saturated rings. The van der Waals surface area contributed by atoms with Crippen molar-refractivity contribution in [3.05, 3.63) is 0 Å². The van der Waals surface area contributed by atoms with Gasteiger partial charge in [0.1, 0.15) is 0 Å². The first-order chi connectivity index (χ1) is 6.92. The smallest absolute Gasteiger partial charge is 0.220 e. The Morgan fingerprint density at radius 1 is 1.47 bits per heavy atom. The van der Waals surface area contributed by atoms with Crippen molar-refractivity contribution >= 4 is 5.91 Å². The summed E-state index contributed by atoms with van der Waals surface area (Å²) in [6.07, 6.45) is 3.46. The van der Waals surface area contributed by atoms with Crippen LogP contribution in [-0.4, -0.2) is 11.9 Å². The zero-order chi connectivity index (χ0) is 11.5. The summed E-state index contributed by atoms with van der Waals surface area (Å²) in [5.41, 5.74) is 0.0187. The average molecular weight is 208 g/mol. The molecule has 1 N–H and O–H groups in total. The highest BCUT2D eigenvalue weighted by Crippen LogP contribution is 2.25. The normalized spacial score (nSPS) is 26.0. The van der Waals surface area contributed by atoms with Gasteiger partial charge in [-0.05, 0) is 24.7 Å². The predicted octanol–water partition coefficient (Wildman–Crippen LogP) is 2.23. The molecule has 1 rings (SSSR count). The minimum absolute atomic E-state index is 0.0187. The van der Waals surface area contributed by atoms with E-state index in [2.05, 4.69) is 11.4 Å². The number of nitriles is 1. The molecule has 2 atom stereocenters. The zero-order valence-electron chi connectivity index (χ0n) is 9.84. The molecule has 0 aromatic heterocycles. The van der Waals surface area contributed by atoms with Gasteiger partial charge in [-0.25, -0.2) is 0 Å². The predicted molar refractivity (Wildman–Crippen MR) is 59.0 cm³/mol. The lowest BCUT2D eigenvalue weighted by atomic mass is 9.91. The fraction of sp³-hybridized carbons (Fsp3) is 0.833. The van der Waals surface area contributed by atoms with Gasteiger partial charge in [-0.15, -0.1) is 0 Å². The summed E-state index contributed by atoms with van der Waals surface area (Å²) in [5.74, 6) is 0.101. The van der Waals surface area contributed by atoms with E-state index >= 15 is 0 Å². The van der Waals surface area contributed by atoms with Crippen LogP contribution < -0.4 is 5.32 Å². The van der Waals surface area contributed by atoms with Crippen molar-refractivity contribution in [2.45, 2.75) is 52.5 Å². The lowest BCUT2D eigenvalue weighted by Crippen LogP contribution is -2.38. The monoisotopic (exact) mass is 208 g/mol. The molecule has 3 heteroatoms. The van der Waals surface area contributed by atoms with Gasteiger partial charge in [-0.3, -0.25) is 4.79 Å². The van der Waals surface area contributed by atoms with Gasteiger partial charge in [0.25, 0.3) is 0 Å². The Labute approximate surface area is 91.9 Å². The summed E-state index contributed by atoms with van der Waals surface area (Å²) in [6, 6.07) is 2.36. The molecule has 84 valence electrons. The van der Waals surface area contributed by atoms with E-state index in [0.29, 0.717) is 6.42 Å². The molecule has 1 saturated carbocycles. The molecule has 1 aliphatic rings. The van der Waals surface area contributed by atoms with Crippen LogP contribution >= 0.6 is 0 Å². The first-order valence-electron chi connectivity index (χ1n) is 5.61. The number of carbonyl (C=O) groups is 1. The van der Waals surface area contributed by atoms with Crippen LogP contribution in [0.25, 0.3) is 0 Å². The molecular weight excluding hydrogens is 188 g/mol. The minimum Gasteiger partial charge on any atom is -0.352 e. The van der Waals surface area contributed by atoms with E-state index in [4.69, 9.17) is 5.26 Å². The topological polar surface area (TPSA) is 52.9 Å². The molecule has 15 heavy (non-hydrogen) atoms. The molecule has 2 unspecified atom stereocenters. The third-order valence-corrected chi connectivity index (χ3v) is 2.72. The van der Waals surface area contributed by atoms with Crippen LogP contribution in [0.4, 0.5) is 0 Å². The first kappa shape index (κ1) is 12.0. The Morgan fingerprint density at radius 3 is 2.67 bits per heavy atom. The van der Waals surface area contributed by atoms with Crippen molar-refractivity contribution < 1.29 is 4.79 Å². The van der Waals surface area contributed by atoms with Gasteiger partial charge in [0.2, 0.25) is 5.91 Å². The highest BCUT2D eigenvalue weighted by atomic mass is 16.1. The summed E-state index contributed by atoms with van der Waals surface area (Å²) in [7, 11) is 0. The Kier molecular flexibility index (Phi) is 3.73. The Bertz CT molecular complexity index is 272. The van der Waals surface area contributed by atoms with Crippen molar-refractivity contribution in [3.8, 4) is 6.07 Å². The van der Waals surface area contributed by atoms with E-state index in [1.54, 1.807) is 0 Å². The number of nitrogens with zero attached hydrogens (tertiary/aromatic N) is 1. The zero-order valence-corrected chi connectivity index (χ0v) is 9.84. The van der Waals surface area contributed by atoms with Crippen LogP contribution in [0.3, 0.4) is 0 Å². The third kappa shape index (κ3) is 3.91. The summed E-state index contributed by atoms with van der Waals surface area (Å²) in [5, 5.41) is 11.9. The van der Waals surface area contributed by atoms with Crippen LogP contribution in [0.15, 0.2) is 0 Å². The van der Waals surface area contributed by atoms with E-state index in [0.717, 1.165) is 19.3 Å². The average Bonchev–Trinajstić information content (AvgIpc) is 2.48. The summed E-state index contributed by atoms with van der Waals surface area (Å²) >= 11 is 0. The lowest BCUT2D eigenvalue weighted by Gasteiger charge is -2.21. The summed E-state index contributed by atoms with van der Waals surface area (Å²) in [4.78, 5) is 11.7. The van der Waals surface area contributed by atoms with Crippen molar-refractivity contribution in [2.75, 3.05) is 0 Å². The van der Waals surface area contributed by atoms with Crippen LogP contribution in [0, 0.1) is 22.7 Å². The van der Waals surface area contributed by atoms with E-state index in [1.807, 2.05) is 20.8 Å². The molecule has 0 heterocycles. The molecule has 0 aromatic rings. The van der Waals surface area contributed by atoms with Crippen molar-refractivity contribution in [1.29, 1.82) is 5.26 Å². The van der Waals surface area contributed by atoms with Gasteiger partial charge in [0.05, 0.1) is 12.0 Å². The molecule has 1 aliphatic carbocycles. The Balaban J connectivity index is 2.42. The van der Waals surface area contributed by atoms with Gasteiger partial charge in [-0.2, -0.15) is 5.26 Å². The lowest BCUT2D eigenvalue weighted by molar-refractivity contribution is -0.123. The molecule has 0 bridgehead atoms. The number of carbonyl (C=O) groups excluding carboxylic acids is 1. The second-order valence-electron chi connectivity index (χ2n) is 5.58. The molecule has 0 aromatic carbocycles. The molecule has 1 amide bonds. The van der Waals surface area contributed by atoms with E-state index in [1.165, 1.54) is 0 Å². The Hall–Kier alpha value is -1.04. The van der Waals surface area contributed by atoms with Crippen LogP contribution in [0.2, 0.25) is 0 Å². The molecule has 0 radical (unpaired) electrons. The fourth-order valence-electron chi connectivity index (χ4n) is 2.03. The van der Waals surface area contributed by atoms with E-state index in [9.17, 15) is 4.79 Å². The maximum Gasteiger partial charge on any atom is 0.220 e. The second-order valence-corrected chi connectivity index (χ2v) is 5.58. The molecular formula is C12H20N2O. The van der Waals surface area contributed by atoms with E-state index in [-0.39, 0.29) is 23.3 Å². The van der Waals surface area contributed by atoms with Crippen molar-refractivity contribution in [3.63, 3.8) is 0 Å². The fourth-order valence-corrected chi connectivity index (χ4v) is 2.03.